The van der Waals surface area contributed by atoms with E-state index < -0.39 is 5.41 Å². The maximum absolute atomic E-state index is 6.36. The van der Waals surface area contributed by atoms with E-state index in [4.69, 9.17) is 4.42 Å². The van der Waals surface area contributed by atoms with Gasteiger partial charge < -0.3 is 9.32 Å². The van der Waals surface area contributed by atoms with Crippen molar-refractivity contribution in [3.63, 3.8) is 0 Å². The molecule has 0 radical (unpaired) electrons. The molecule has 1 aliphatic rings. The number of hydrogen-bond acceptors (Lipinski definition) is 2. The van der Waals surface area contributed by atoms with Crippen LogP contribution in [0.15, 0.2) is 277 Å². The van der Waals surface area contributed by atoms with Crippen molar-refractivity contribution in [3.05, 3.63) is 295 Å². The third-order valence-electron chi connectivity index (χ3n) is 14.2. The predicted octanol–water partition coefficient (Wildman–Crippen LogP) is 18.1. The highest BCUT2D eigenvalue weighted by atomic mass is 16.3. The first-order chi connectivity index (χ1) is 34.2. The molecule has 0 saturated heterocycles. The summed E-state index contributed by atoms with van der Waals surface area (Å²) in [4.78, 5) is 2.40. The molecule has 69 heavy (non-hydrogen) atoms. The molecule has 1 heterocycles. The molecule has 0 atom stereocenters. The van der Waals surface area contributed by atoms with Gasteiger partial charge >= 0.3 is 0 Å². The highest BCUT2D eigenvalue weighted by molar-refractivity contribution is 6.13. The first-order valence-electron chi connectivity index (χ1n) is 23.7. The molecule has 0 unspecified atom stereocenters. The highest BCUT2D eigenvalue weighted by Gasteiger charge is 2.46. The molecule has 2 nitrogen and oxygen atoms in total. The minimum atomic E-state index is -0.507. The van der Waals surface area contributed by atoms with Gasteiger partial charge in [0.1, 0.15) is 11.2 Å². The monoisotopic (exact) mass is 879 g/mol. The molecule has 12 aromatic rings. The second kappa shape index (κ2) is 16.7. The fourth-order valence-corrected chi connectivity index (χ4v) is 11.0. The number of nitrogens with zero attached hydrogens (tertiary/aromatic N) is 1. The molecule has 1 aliphatic carbocycles. The minimum absolute atomic E-state index is 0.507. The summed E-state index contributed by atoms with van der Waals surface area (Å²) >= 11 is 0. The Bertz CT molecular complexity index is 3750. The number of anilines is 3. The Morgan fingerprint density at radius 3 is 1.33 bits per heavy atom. The number of furan rings is 1. The molecule has 0 fully saturated rings. The van der Waals surface area contributed by atoms with Gasteiger partial charge in [0.2, 0.25) is 0 Å². The number of fused-ring (bicyclic) bond motifs is 6. The zero-order valence-electron chi connectivity index (χ0n) is 37.8. The lowest BCUT2D eigenvalue weighted by Crippen LogP contribution is -2.28. The van der Waals surface area contributed by atoms with Gasteiger partial charge in [-0.3, -0.25) is 0 Å². The highest BCUT2D eigenvalue weighted by Crippen LogP contribution is 2.56. The van der Waals surface area contributed by atoms with Crippen LogP contribution in [0.1, 0.15) is 22.3 Å². The first kappa shape index (κ1) is 40.3. The molecule has 0 bridgehead atoms. The molecular formula is C67H45NO. The van der Waals surface area contributed by atoms with Gasteiger partial charge in [0.05, 0.1) is 5.41 Å². The maximum atomic E-state index is 6.36. The molecule has 0 saturated carbocycles. The van der Waals surface area contributed by atoms with E-state index >= 15 is 0 Å². The Morgan fingerprint density at radius 2 is 0.725 bits per heavy atom. The summed E-state index contributed by atoms with van der Waals surface area (Å²) in [5.74, 6) is 0. The van der Waals surface area contributed by atoms with Crippen LogP contribution in [-0.4, -0.2) is 0 Å². The van der Waals surface area contributed by atoms with Crippen molar-refractivity contribution in [2.75, 3.05) is 4.90 Å². The standard InChI is InChI=1S/C67H45NO/c1-4-16-46(17-5-1)48-34-39-55(40-35-48)68(57-23-14-22-54(45-57)67(53-20-8-3-9-21-53)62-27-12-10-24-59(62)60-25-11-13-28-63(60)67)56-41-36-49(37-42-56)47-30-32-50(33-31-47)52-38-43-64-61(44-52)66-58(26-15-29-65(66)69-64)51-18-6-2-7-19-51/h1-45H. The Labute approximate surface area is 402 Å². The largest absolute Gasteiger partial charge is 0.456 e. The average molecular weight is 880 g/mol. The summed E-state index contributed by atoms with van der Waals surface area (Å²) in [5.41, 5.74) is 21.6. The van der Waals surface area contributed by atoms with Crippen LogP contribution in [0, 0.1) is 0 Å². The van der Waals surface area contributed by atoms with Crippen molar-refractivity contribution in [1.82, 2.24) is 0 Å². The smallest absolute Gasteiger partial charge is 0.136 e. The van der Waals surface area contributed by atoms with E-state index in [-0.39, 0.29) is 0 Å². The summed E-state index contributed by atoms with van der Waals surface area (Å²) in [6.45, 7) is 0. The first-order valence-corrected chi connectivity index (χ1v) is 23.7. The quantitative estimate of drug-likeness (QED) is 0.144. The molecule has 11 aromatic carbocycles. The van der Waals surface area contributed by atoms with Gasteiger partial charge in [-0.05, 0) is 132 Å². The predicted molar refractivity (Wildman–Crippen MR) is 287 cm³/mol. The summed E-state index contributed by atoms with van der Waals surface area (Å²) in [6.07, 6.45) is 0. The number of hydrogen-bond donors (Lipinski definition) is 0. The zero-order valence-corrected chi connectivity index (χ0v) is 37.8. The Hall–Kier alpha value is -8.98. The molecule has 1 aromatic heterocycles. The molecule has 0 spiro atoms. The van der Waals surface area contributed by atoms with Gasteiger partial charge in [-0.25, -0.2) is 0 Å². The molecule has 0 amide bonds. The molecular weight excluding hydrogens is 835 g/mol. The van der Waals surface area contributed by atoms with Crippen LogP contribution < -0.4 is 4.90 Å². The Morgan fingerprint density at radius 1 is 0.275 bits per heavy atom. The van der Waals surface area contributed by atoms with Crippen LogP contribution in [0.25, 0.3) is 77.6 Å². The molecule has 0 N–H and O–H groups in total. The van der Waals surface area contributed by atoms with E-state index in [1.165, 1.54) is 55.6 Å². The van der Waals surface area contributed by atoms with E-state index in [1.54, 1.807) is 0 Å². The topological polar surface area (TPSA) is 16.4 Å². The Kier molecular flexibility index (Phi) is 9.77. The van der Waals surface area contributed by atoms with Crippen molar-refractivity contribution in [3.8, 4) is 55.6 Å². The van der Waals surface area contributed by atoms with Gasteiger partial charge in [0.25, 0.3) is 0 Å². The van der Waals surface area contributed by atoms with Crippen LogP contribution >= 0.6 is 0 Å². The fraction of sp³-hybridized carbons (Fsp3) is 0.0149. The lowest BCUT2D eigenvalue weighted by atomic mass is 9.67. The van der Waals surface area contributed by atoms with E-state index in [9.17, 15) is 0 Å². The van der Waals surface area contributed by atoms with Gasteiger partial charge in [-0.15, -0.1) is 0 Å². The lowest BCUT2D eigenvalue weighted by molar-refractivity contribution is 0.669. The normalized spacial score (nSPS) is 12.5. The Balaban J connectivity index is 0.884. The number of benzene rings is 11. The van der Waals surface area contributed by atoms with Crippen molar-refractivity contribution in [2.45, 2.75) is 5.41 Å². The average Bonchev–Trinajstić information content (AvgIpc) is 3.96. The summed E-state index contributed by atoms with van der Waals surface area (Å²) in [6, 6.07) is 99.1. The second-order valence-corrected chi connectivity index (χ2v) is 18.0. The fourth-order valence-electron chi connectivity index (χ4n) is 11.0. The third kappa shape index (κ3) is 6.80. The van der Waals surface area contributed by atoms with E-state index in [2.05, 4.69) is 278 Å². The van der Waals surface area contributed by atoms with Gasteiger partial charge in [-0.1, -0.05) is 218 Å². The van der Waals surface area contributed by atoms with E-state index in [1.807, 2.05) is 0 Å². The van der Waals surface area contributed by atoms with E-state index in [0.29, 0.717) is 0 Å². The van der Waals surface area contributed by atoms with Gasteiger partial charge in [-0.2, -0.15) is 0 Å². The maximum Gasteiger partial charge on any atom is 0.136 e. The van der Waals surface area contributed by atoms with Crippen LogP contribution in [0.3, 0.4) is 0 Å². The third-order valence-corrected chi connectivity index (χ3v) is 14.2. The molecule has 2 heteroatoms. The SMILES string of the molecule is c1ccc(-c2ccc(N(c3ccc(-c4ccc(-c5ccc6oc7cccc(-c8ccccc8)c7c6c5)cc4)cc3)c3cccc(C4(c5ccccc5)c5ccccc5-c5ccccc54)c3)cc2)cc1. The van der Waals surface area contributed by atoms with Crippen molar-refractivity contribution >= 4 is 39.0 Å². The molecule has 0 aliphatic heterocycles. The van der Waals surface area contributed by atoms with Crippen LogP contribution in [0.5, 0.6) is 0 Å². The van der Waals surface area contributed by atoms with E-state index in [0.717, 1.165) is 61.3 Å². The number of rotatable bonds is 9. The van der Waals surface area contributed by atoms with Gasteiger partial charge in [0.15, 0.2) is 0 Å². The van der Waals surface area contributed by atoms with Gasteiger partial charge in [0, 0.05) is 27.8 Å². The second-order valence-electron chi connectivity index (χ2n) is 18.0. The minimum Gasteiger partial charge on any atom is -0.456 e. The lowest BCUT2D eigenvalue weighted by Gasteiger charge is -2.35. The van der Waals surface area contributed by atoms with Crippen molar-refractivity contribution < 1.29 is 4.42 Å². The summed E-state index contributed by atoms with van der Waals surface area (Å²) < 4.78 is 6.36. The molecule has 324 valence electrons. The van der Waals surface area contributed by atoms with Crippen LogP contribution in [0.2, 0.25) is 0 Å². The van der Waals surface area contributed by atoms with Crippen molar-refractivity contribution in [2.24, 2.45) is 0 Å². The zero-order chi connectivity index (χ0) is 45.7. The van der Waals surface area contributed by atoms with Crippen molar-refractivity contribution in [1.29, 1.82) is 0 Å². The molecule has 13 rings (SSSR count). The summed E-state index contributed by atoms with van der Waals surface area (Å²) in [5, 5.41) is 2.27. The van der Waals surface area contributed by atoms with Crippen LogP contribution in [0.4, 0.5) is 17.1 Å². The van der Waals surface area contributed by atoms with Crippen LogP contribution in [-0.2, 0) is 5.41 Å². The summed E-state index contributed by atoms with van der Waals surface area (Å²) in [7, 11) is 0.